The minimum atomic E-state index is 0.0826. The lowest BCUT2D eigenvalue weighted by atomic mass is 10.0. The molecule has 0 heterocycles. The Kier molecular flexibility index (Phi) is 7.00. The van der Waals surface area contributed by atoms with Crippen LogP contribution in [0, 0.1) is 0 Å². The minimum absolute atomic E-state index is 0.0826. The van der Waals surface area contributed by atoms with Gasteiger partial charge in [0.2, 0.25) is 5.91 Å². The molecule has 1 amide bonds. The lowest BCUT2D eigenvalue weighted by Crippen LogP contribution is -2.33. The van der Waals surface area contributed by atoms with E-state index in [0.29, 0.717) is 5.75 Å². The van der Waals surface area contributed by atoms with Gasteiger partial charge >= 0.3 is 0 Å². The molecule has 0 aliphatic carbocycles. The Labute approximate surface area is 147 Å². The molecule has 0 bridgehead atoms. The van der Waals surface area contributed by atoms with Gasteiger partial charge in [-0.25, -0.2) is 0 Å². The largest absolute Gasteiger partial charge is 0.353 e. The zero-order valence-electron chi connectivity index (χ0n) is 13.5. The van der Waals surface area contributed by atoms with E-state index in [2.05, 4.69) is 24.4 Å². The van der Waals surface area contributed by atoms with Crippen LogP contribution in [-0.2, 0) is 4.79 Å². The summed E-state index contributed by atoms with van der Waals surface area (Å²) in [6.07, 6.45) is 0.940. The standard InChI is InChI=1S/C19H22ClNOS/c1-3-14(2)21-18(22)13-23-19(15-7-5-4-6-8-15)16-9-11-17(20)12-10-16/h4-12,14,19H,3,13H2,1-2H3,(H,21,22)/t14-,19+/m0/s1. The molecule has 0 aromatic heterocycles. The van der Waals surface area contributed by atoms with E-state index in [-0.39, 0.29) is 17.2 Å². The van der Waals surface area contributed by atoms with E-state index >= 15 is 0 Å². The maximum Gasteiger partial charge on any atom is 0.230 e. The molecule has 23 heavy (non-hydrogen) atoms. The molecule has 2 aromatic carbocycles. The quantitative estimate of drug-likeness (QED) is 0.756. The topological polar surface area (TPSA) is 29.1 Å². The number of hydrogen-bond acceptors (Lipinski definition) is 2. The fourth-order valence-corrected chi connectivity index (χ4v) is 3.45. The summed E-state index contributed by atoms with van der Waals surface area (Å²) in [4.78, 5) is 12.1. The first-order chi connectivity index (χ1) is 11.1. The predicted molar refractivity (Wildman–Crippen MR) is 100 cm³/mol. The molecule has 0 spiro atoms. The van der Waals surface area contributed by atoms with Crippen LogP contribution < -0.4 is 5.32 Å². The molecular formula is C19H22ClNOS. The highest BCUT2D eigenvalue weighted by atomic mass is 35.5. The first kappa shape index (κ1) is 17.9. The van der Waals surface area contributed by atoms with Crippen molar-refractivity contribution in [3.05, 3.63) is 70.7 Å². The Balaban J connectivity index is 2.12. The lowest BCUT2D eigenvalue weighted by Gasteiger charge is -2.18. The van der Waals surface area contributed by atoms with E-state index in [1.165, 1.54) is 5.56 Å². The second-order valence-corrected chi connectivity index (χ2v) is 7.06. The van der Waals surface area contributed by atoms with Crippen LogP contribution in [0.15, 0.2) is 54.6 Å². The molecule has 0 aliphatic heterocycles. The first-order valence-corrected chi connectivity index (χ1v) is 9.24. The van der Waals surface area contributed by atoms with Gasteiger partial charge in [0.25, 0.3) is 0 Å². The van der Waals surface area contributed by atoms with E-state index in [9.17, 15) is 4.79 Å². The number of carbonyl (C=O) groups excluding carboxylic acids is 1. The van der Waals surface area contributed by atoms with Gasteiger partial charge in [-0.15, -0.1) is 11.8 Å². The smallest absolute Gasteiger partial charge is 0.230 e. The summed E-state index contributed by atoms with van der Waals surface area (Å²) in [5.74, 6) is 0.520. The molecule has 4 heteroatoms. The van der Waals surface area contributed by atoms with Crippen LogP contribution in [0.25, 0.3) is 0 Å². The Morgan fingerprint density at radius 3 is 2.30 bits per heavy atom. The Hall–Kier alpha value is -1.45. The van der Waals surface area contributed by atoms with Crippen LogP contribution in [0.1, 0.15) is 36.6 Å². The van der Waals surface area contributed by atoms with Gasteiger partial charge in [-0.1, -0.05) is 61.0 Å². The summed E-state index contributed by atoms with van der Waals surface area (Å²) >= 11 is 7.63. The first-order valence-electron chi connectivity index (χ1n) is 7.81. The summed E-state index contributed by atoms with van der Waals surface area (Å²) < 4.78 is 0. The summed E-state index contributed by atoms with van der Waals surface area (Å²) in [5, 5.41) is 3.86. The van der Waals surface area contributed by atoms with Crippen LogP contribution >= 0.6 is 23.4 Å². The van der Waals surface area contributed by atoms with Gasteiger partial charge in [0.05, 0.1) is 11.0 Å². The van der Waals surface area contributed by atoms with E-state index < -0.39 is 0 Å². The van der Waals surface area contributed by atoms with Crippen molar-refractivity contribution < 1.29 is 4.79 Å². The highest BCUT2D eigenvalue weighted by molar-refractivity contribution is 8.00. The van der Waals surface area contributed by atoms with E-state index in [1.54, 1.807) is 11.8 Å². The monoisotopic (exact) mass is 347 g/mol. The average molecular weight is 348 g/mol. The second-order valence-electron chi connectivity index (χ2n) is 5.53. The van der Waals surface area contributed by atoms with Crippen LogP contribution in [0.2, 0.25) is 5.02 Å². The lowest BCUT2D eigenvalue weighted by molar-refractivity contribution is -0.119. The number of rotatable bonds is 7. The average Bonchev–Trinajstić information content (AvgIpc) is 2.57. The number of amides is 1. The number of carbonyl (C=O) groups is 1. The van der Waals surface area contributed by atoms with Crippen LogP contribution in [0.4, 0.5) is 0 Å². The zero-order valence-corrected chi connectivity index (χ0v) is 15.0. The Morgan fingerprint density at radius 1 is 1.09 bits per heavy atom. The Bertz CT molecular complexity index is 615. The van der Waals surface area contributed by atoms with Crippen molar-refractivity contribution in [1.29, 1.82) is 0 Å². The van der Waals surface area contributed by atoms with E-state index in [4.69, 9.17) is 11.6 Å². The molecule has 0 unspecified atom stereocenters. The van der Waals surface area contributed by atoms with Gasteiger partial charge in [-0.3, -0.25) is 4.79 Å². The van der Waals surface area contributed by atoms with Gasteiger partial charge < -0.3 is 5.32 Å². The second kappa shape index (κ2) is 8.99. The normalized spacial score (nSPS) is 13.3. The van der Waals surface area contributed by atoms with Crippen LogP contribution in [0.5, 0.6) is 0 Å². The number of hydrogen-bond donors (Lipinski definition) is 1. The maximum atomic E-state index is 12.1. The summed E-state index contributed by atoms with van der Waals surface area (Å²) in [6.45, 7) is 4.09. The molecule has 0 saturated heterocycles. The minimum Gasteiger partial charge on any atom is -0.353 e. The van der Waals surface area contributed by atoms with Gasteiger partial charge in [0.1, 0.15) is 0 Å². The van der Waals surface area contributed by atoms with Gasteiger partial charge in [-0.05, 0) is 36.6 Å². The van der Waals surface area contributed by atoms with E-state index in [1.807, 2.05) is 49.4 Å². The number of halogens is 1. The SMILES string of the molecule is CC[C@H](C)NC(=O)CS[C@H](c1ccccc1)c1ccc(Cl)cc1. The molecule has 0 saturated carbocycles. The third-order valence-electron chi connectivity index (χ3n) is 3.68. The molecule has 2 nitrogen and oxygen atoms in total. The predicted octanol–water partition coefficient (Wildman–Crippen LogP) is 5.08. The van der Waals surface area contributed by atoms with Crippen molar-refractivity contribution in [1.82, 2.24) is 5.32 Å². The summed E-state index contributed by atoms with van der Waals surface area (Å²) in [5.41, 5.74) is 2.35. The fraction of sp³-hybridized carbons (Fsp3) is 0.316. The molecule has 1 N–H and O–H groups in total. The molecule has 122 valence electrons. The fourth-order valence-electron chi connectivity index (χ4n) is 2.23. The van der Waals surface area contributed by atoms with Crippen molar-refractivity contribution in [2.45, 2.75) is 31.6 Å². The van der Waals surface area contributed by atoms with Crippen LogP contribution in [-0.4, -0.2) is 17.7 Å². The van der Waals surface area contributed by atoms with Crippen molar-refractivity contribution in [2.24, 2.45) is 0 Å². The highest BCUT2D eigenvalue weighted by Gasteiger charge is 2.17. The zero-order chi connectivity index (χ0) is 16.7. The molecular weight excluding hydrogens is 326 g/mol. The molecule has 0 aliphatic rings. The number of nitrogens with one attached hydrogen (secondary N) is 1. The van der Waals surface area contributed by atoms with Crippen molar-refractivity contribution >= 4 is 29.3 Å². The van der Waals surface area contributed by atoms with Crippen LogP contribution in [0.3, 0.4) is 0 Å². The molecule has 2 aromatic rings. The number of thioether (sulfide) groups is 1. The number of benzene rings is 2. The van der Waals surface area contributed by atoms with Gasteiger partial charge in [-0.2, -0.15) is 0 Å². The van der Waals surface area contributed by atoms with E-state index in [0.717, 1.165) is 17.0 Å². The Morgan fingerprint density at radius 2 is 1.70 bits per heavy atom. The third kappa shape index (κ3) is 5.60. The third-order valence-corrected chi connectivity index (χ3v) is 5.23. The van der Waals surface area contributed by atoms with Crippen molar-refractivity contribution in [3.8, 4) is 0 Å². The molecule has 0 radical (unpaired) electrons. The maximum absolute atomic E-state index is 12.1. The van der Waals surface area contributed by atoms with Gasteiger partial charge in [0.15, 0.2) is 0 Å². The highest BCUT2D eigenvalue weighted by Crippen LogP contribution is 2.35. The van der Waals surface area contributed by atoms with Crippen molar-refractivity contribution in [2.75, 3.05) is 5.75 Å². The van der Waals surface area contributed by atoms with Gasteiger partial charge in [0, 0.05) is 11.1 Å². The molecule has 0 fully saturated rings. The molecule has 2 rings (SSSR count). The molecule has 2 atom stereocenters. The summed E-state index contributed by atoms with van der Waals surface area (Å²) in [6, 6.07) is 18.3. The van der Waals surface area contributed by atoms with Crippen molar-refractivity contribution in [3.63, 3.8) is 0 Å². The summed E-state index contributed by atoms with van der Waals surface area (Å²) in [7, 11) is 0.